The molecule has 1 aromatic carbocycles. The van der Waals surface area contributed by atoms with Crippen LogP contribution in [0.15, 0.2) is 33.9 Å². The maximum Gasteiger partial charge on any atom is 0.332 e. The summed E-state index contributed by atoms with van der Waals surface area (Å²) < 4.78 is 15.1. The van der Waals surface area contributed by atoms with Gasteiger partial charge < -0.3 is 14.0 Å². The van der Waals surface area contributed by atoms with Gasteiger partial charge in [-0.05, 0) is 37.6 Å². The minimum absolute atomic E-state index is 0.319. The van der Waals surface area contributed by atoms with Crippen molar-refractivity contribution in [3.63, 3.8) is 0 Å². The van der Waals surface area contributed by atoms with Crippen LogP contribution in [0.4, 0.5) is 0 Å². The molecule has 0 amide bonds. The van der Waals surface area contributed by atoms with Gasteiger partial charge in [-0.2, -0.15) is 0 Å². The molecule has 0 fully saturated rings. The van der Waals surface area contributed by atoms with Crippen LogP contribution >= 0.6 is 0 Å². The Labute approximate surface area is 168 Å². The molecule has 154 valence electrons. The summed E-state index contributed by atoms with van der Waals surface area (Å²) in [6.07, 6.45) is 3.73. The first-order valence-corrected chi connectivity index (χ1v) is 9.61. The second-order valence-electron chi connectivity index (χ2n) is 6.52. The summed E-state index contributed by atoms with van der Waals surface area (Å²) >= 11 is 0. The smallest absolute Gasteiger partial charge is 0.332 e. The van der Waals surface area contributed by atoms with E-state index >= 15 is 0 Å². The largest absolute Gasteiger partial charge is 0.491 e. The number of benzene rings is 1. The molecule has 0 aliphatic heterocycles. The van der Waals surface area contributed by atoms with Crippen LogP contribution in [0.25, 0.3) is 23.3 Å². The fourth-order valence-corrected chi connectivity index (χ4v) is 3.21. The lowest BCUT2D eigenvalue weighted by molar-refractivity contribution is 0.146. The summed E-state index contributed by atoms with van der Waals surface area (Å²) in [5.74, 6) is 1.35. The van der Waals surface area contributed by atoms with Crippen LogP contribution in [0.5, 0.6) is 5.75 Å². The van der Waals surface area contributed by atoms with Gasteiger partial charge >= 0.3 is 5.69 Å². The summed E-state index contributed by atoms with van der Waals surface area (Å²) in [6.45, 7) is 5.41. The second-order valence-corrected chi connectivity index (χ2v) is 6.52. The van der Waals surface area contributed by atoms with E-state index in [9.17, 15) is 9.59 Å². The lowest BCUT2D eigenvalue weighted by Gasteiger charge is -2.08. The Morgan fingerprint density at radius 2 is 1.83 bits per heavy atom. The van der Waals surface area contributed by atoms with Crippen LogP contribution in [-0.2, 0) is 24.9 Å². The molecule has 0 unspecified atom stereocenters. The molecule has 0 N–H and O–H groups in total. The Kier molecular flexibility index (Phi) is 6.33. The maximum atomic E-state index is 12.8. The molecular formula is C21H26N4O4. The van der Waals surface area contributed by atoms with Crippen molar-refractivity contribution in [3.05, 3.63) is 56.5 Å². The van der Waals surface area contributed by atoms with Gasteiger partial charge in [-0.15, -0.1) is 0 Å². The van der Waals surface area contributed by atoms with Gasteiger partial charge in [0.05, 0.1) is 6.61 Å². The molecule has 0 saturated carbocycles. The molecule has 3 aromatic rings. The fraction of sp³-hybridized carbons (Fsp3) is 0.381. The van der Waals surface area contributed by atoms with Crippen molar-refractivity contribution in [3.8, 4) is 5.75 Å². The molecule has 3 rings (SSSR count). The number of aromatic nitrogens is 4. The first kappa shape index (κ1) is 20.6. The van der Waals surface area contributed by atoms with Crippen molar-refractivity contribution in [2.75, 3.05) is 20.3 Å². The van der Waals surface area contributed by atoms with E-state index in [0.717, 1.165) is 11.3 Å². The number of rotatable bonds is 8. The zero-order valence-corrected chi connectivity index (χ0v) is 17.2. The minimum Gasteiger partial charge on any atom is -0.491 e. The lowest BCUT2D eigenvalue weighted by Crippen LogP contribution is -2.39. The number of imidazole rings is 1. The van der Waals surface area contributed by atoms with Gasteiger partial charge in [0.25, 0.3) is 5.56 Å². The van der Waals surface area contributed by atoms with Gasteiger partial charge in [0.2, 0.25) is 0 Å². The third kappa shape index (κ3) is 4.02. The lowest BCUT2D eigenvalue weighted by atomic mass is 10.2. The molecule has 0 spiro atoms. The van der Waals surface area contributed by atoms with E-state index in [0.29, 0.717) is 43.3 Å². The van der Waals surface area contributed by atoms with E-state index in [1.807, 2.05) is 43.3 Å². The number of hydrogen-bond donors (Lipinski definition) is 0. The van der Waals surface area contributed by atoms with Gasteiger partial charge in [-0.25, -0.2) is 9.78 Å². The molecule has 8 nitrogen and oxygen atoms in total. The average molecular weight is 398 g/mol. The maximum absolute atomic E-state index is 12.8. The van der Waals surface area contributed by atoms with E-state index in [1.54, 1.807) is 25.6 Å². The Balaban J connectivity index is 2.00. The van der Waals surface area contributed by atoms with Crippen LogP contribution in [-0.4, -0.2) is 39.0 Å². The number of methoxy groups -OCH3 is 1. The Morgan fingerprint density at radius 1 is 1.07 bits per heavy atom. The SMILES string of the molecule is CCn1c(=O)c2c(nc(/C=C/c3cccc(OCCOC)c3)n2C)n(CC)c1=O. The van der Waals surface area contributed by atoms with Crippen LogP contribution in [0.2, 0.25) is 0 Å². The highest BCUT2D eigenvalue weighted by molar-refractivity contribution is 5.76. The van der Waals surface area contributed by atoms with Crippen molar-refractivity contribution in [2.45, 2.75) is 26.9 Å². The number of aryl methyl sites for hydroxylation is 2. The summed E-state index contributed by atoms with van der Waals surface area (Å²) in [5, 5.41) is 0. The third-order valence-corrected chi connectivity index (χ3v) is 4.75. The standard InChI is InChI=1S/C21H26N4O4/c1-5-24-19-18(20(26)25(6-2)21(24)27)23(3)17(22-19)11-10-15-8-7-9-16(14-15)29-13-12-28-4/h7-11,14H,5-6,12-13H2,1-4H3/b11-10+. The average Bonchev–Trinajstić information content (AvgIpc) is 3.04. The van der Waals surface area contributed by atoms with Gasteiger partial charge in [-0.1, -0.05) is 18.2 Å². The van der Waals surface area contributed by atoms with E-state index in [1.165, 1.54) is 9.13 Å². The van der Waals surface area contributed by atoms with Crippen LogP contribution in [0.1, 0.15) is 25.2 Å². The highest BCUT2D eigenvalue weighted by Gasteiger charge is 2.17. The first-order chi connectivity index (χ1) is 14.0. The molecule has 0 radical (unpaired) electrons. The molecule has 8 heteroatoms. The molecular weight excluding hydrogens is 372 g/mol. The predicted octanol–water partition coefficient (Wildman–Crippen LogP) is 2.13. The minimum atomic E-state index is -0.331. The van der Waals surface area contributed by atoms with Crippen molar-refractivity contribution in [1.82, 2.24) is 18.7 Å². The quantitative estimate of drug-likeness (QED) is 0.543. The first-order valence-electron chi connectivity index (χ1n) is 9.61. The second kappa shape index (κ2) is 8.91. The molecule has 0 bridgehead atoms. The third-order valence-electron chi connectivity index (χ3n) is 4.75. The van der Waals surface area contributed by atoms with Crippen LogP contribution < -0.4 is 16.0 Å². The predicted molar refractivity (Wildman–Crippen MR) is 113 cm³/mol. The monoisotopic (exact) mass is 398 g/mol. The van der Waals surface area contributed by atoms with E-state index in [-0.39, 0.29) is 11.2 Å². The molecule has 2 heterocycles. The molecule has 0 atom stereocenters. The number of fused-ring (bicyclic) bond motifs is 1. The van der Waals surface area contributed by atoms with Gasteiger partial charge in [0.15, 0.2) is 11.2 Å². The van der Waals surface area contributed by atoms with Crippen molar-refractivity contribution >= 4 is 23.3 Å². The van der Waals surface area contributed by atoms with Crippen LogP contribution in [0.3, 0.4) is 0 Å². The number of ether oxygens (including phenoxy) is 2. The molecule has 2 aromatic heterocycles. The normalized spacial score (nSPS) is 11.6. The van der Waals surface area contributed by atoms with Crippen LogP contribution in [0, 0.1) is 0 Å². The summed E-state index contributed by atoms with van der Waals surface area (Å²) in [7, 11) is 3.41. The van der Waals surface area contributed by atoms with Crippen molar-refractivity contribution < 1.29 is 9.47 Å². The van der Waals surface area contributed by atoms with Crippen molar-refractivity contribution in [1.29, 1.82) is 0 Å². The molecule has 0 aliphatic rings. The number of hydrogen-bond acceptors (Lipinski definition) is 5. The van der Waals surface area contributed by atoms with Gasteiger partial charge in [-0.3, -0.25) is 13.9 Å². The molecule has 0 saturated heterocycles. The van der Waals surface area contributed by atoms with E-state index < -0.39 is 0 Å². The Morgan fingerprint density at radius 3 is 2.52 bits per heavy atom. The fourth-order valence-electron chi connectivity index (χ4n) is 3.21. The molecule has 29 heavy (non-hydrogen) atoms. The van der Waals surface area contributed by atoms with E-state index in [2.05, 4.69) is 4.98 Å². The highest BCUT2D eigenvalue weighted by Crippen LogP contribution is 2.17. The topological polar surface area (TPSA) is 80.3 Å². The zero-order valence-electron chi connectivity index (χ0n) is 17.2. The van der Waals surface area contributed by atoms with Gasteiger partial charge in [0.1, 0.15) is 18.2 Å². The summed E-state index contributed by atoms with van der Waals surface area (Å²) in [6, 6.07) is 7.66. The molecule has 0 aliphatic carbocycles. The highest BCUT2D eigenvalue weighted by atomic mass is 16.5. The van der Waals surface area contributed by atoms with Gasteiger partial charge in [0, 0.05) is 27.2 Å². The summed E-state index contributed by atoms with van der Waals surface area (Å²) in [5.41, 5.74) is 1.11. The Hall–Kier alpha value is -3.13. The zero-order chi connectivity index (χ0) is 21.0. The van der Waals surface area contributed by atoms with Crippen molar-refractivity contribution in [2.24, 2.45) is 7.05 Å². The number of nitrogens with zero attached hydrogens (tertiary/aromatic N) is 4. The summed E-state index contributed by atoms with van der Waals surface area (Å²) in [4.78, 5) is 29.9. The van der Waals surface area contributed by atoms with E-state index in [4.69, 9.17) is 9.47 Å². The Bertz CT molecular complexity index is 1150.